The number of fused-ring (bicyclic) bond motifs is 1. The van der Waals surface area contributed by atoms with E-state index in [0.717, 1.165) is 38.1 Å². The van der Waals surface area contributed by atoms with Gasteiger partial charge in [0, 0.05) is 12.7 Å². The van der Waals surface area contributed by atoms with Crippen molar-refractivity contribution in [2.45, 2.75) is 19.1 Å². The summed E-state index contributed by atoms with van der Waals surface area (Å²) in [4.78, 5) is 11.2. The minimum Gasteiger partial charge on any atom is -0.382 e. The maximum atomic E-state index is 10.9. The molecule has 0 saturated carbocycles. The van der Waals surface area contributed by atoms with Gasteiger partial charge in [0.05, 0.1) is 28.1 Å². The number of nitrogens with one attached hydrogen (secondary N) is 1. The van der Waals surface area contributed by atoms with Gasteiger partial charge in [0.15, 0.2) is 5.13 Å². The molecule has 0 fully saturated rings. The van der Waals surface area contributed by atoms with Crippen LogP contribution in [-0.4, -0.2) is 38.6 Å². The molecular formula is C22H25N5OS. The van der Waals surface area contributed by atoms with E-state index in [2.05, 4.69) is 33.2 Å². The van der Waals surface area contributed by atoms with Gasteiger partial charge in [0.25, 0.3) is 0 Å². The van der Waals surface area contributed by atoms with Crippen LogP contribution in [0.2, 0.25) is 0 Å². The van der Waals surface area contributed by atoms with E-state index in [1.54, 1.807) is 17.5 Å². The maximum absolute atomic E-state index is 10.9. The first-order chi connectivity index (χ1) is 13.9. The van der Waals surface area contributed by atoms with Gasteiger partial charge in [-0.05, 0) is 50.8 Å². The Kier molecular flexibility index (Phi) is 5.36. The average molecular weight is 408 g/mol. The predicted octanol–water partition coefficient (Wildman–Crippen LogP) is 4.48. The lowest BCUT2D eigenvalue weighted by molar-refractivity contribution is 0.209. The fourth-order valence-electron chi connectivity index (χ4n) is 3.28. The number of aliphatic hydroxyl groups is 1. The van der Waals surface area contributed by atoms with Gasteiger partial charge >= 0.3 is 0 Å². The molecule has 6 nitrogen and oxygen atoms in total. The van der Waals surface area contributed by atoms with Crippen molar-refractivity contribution in [1.82, 2.24) is 19.4 Å². The quantitative estimate of drug-likeness (QED) is 0.493. The summed E-state index contributed by atoms with van der Waals surface area (Å²) in [5, 5.41) is 15.1. The second-order valence-electron chi connectivity index (χ2n) is 7.38. The fraction of sp³-hybridized carbons (Fsp3) is 0.273. The number of hydrogen-bond acceptors (Lipinski definition) is 6. The number of para-hydroxylation sites is 1. The van der Waals surface area contributed by atoms with Crippen LogP contribution in [-0.2, 0) is 7.05 Å². The molecular weight excluding hydrogens is 382 g/mol. The number of aliphatic hydroxyl groups excluding tert-OH is 1. The SMILES string of the molecule is CC(c1ncc(C(O)c2ccc(Nc3nc4ccccc4s3)cc2)n1C)N(C)C. The largest absolute Gasteiger partial charge is 0.382 e. The molecule has 0 saturated heterocycles. The van der Waals surface area contributed by atoms with Crippen LogP contribution < -0.4 is 5.32 Å². The van der Waals surface area contributed by atoms with Gasteiger partial charge in [-0.15, -0.1) is 0 Å². The lowest BCUT2D eigenvalue weighted by Gasteiger charge is -2.20. The Bertz CT molecular complexity index is 1080. The van der Waals surface area contributed by atoms with Crippen molar-refractivity contribution in [2.75, 3.05) is 19.4 Å². The molecule has 0 aliphatic carbocycles. The summed E-state index contributed by atoms with van der Waals surface area (Å²) in [7, 11) is 5.99. The summed E-state index contributed by atoms with van der Waals surface area (Å²) in [6.45, 7) is 2.10. The van der Waals surface area contributed by atoms with E-state index in [9.17, 15) is 5.11 Å². The number of aromatic nitrogens is 3. The van der Waals surface area contributed by atoms with Crippen molar-refractivity contribution in [2.24, 2.45) is 7.05 Å². The Hall–Kier alpha value is -2.74. The Labute approximate surface area is 174 Å². The van der Waals surface area contributed by atoms with E-state index in [4.69, 9.17) is 0 Å². The standard InChI is InChI=1S/C22H25N5OS/c1-14(26(2)3)21-23-13-18(27(21)4)20(28)15-9-11-16(12-10-15)24-22-25-17-7-5-6-8-19(17)29-22/h5-14,20,28H,1-4H3,(H,24,25). The number of nitrogens with zero attached hydrogens (tertiary/aromatic N) is 4. The van der Waals surface area contributed by atoms with Crippen LogP contribution in [0.3, 0.4) is 0 Å². The Balaban J connectivity index is 1.51. The normalized spacial score (nSPS) is 13.7. The number of hydrogen-bond donors (Lipinski definition) is 2. The zero-order chi connectivity index (χ0) is 20.5. The van der Waals surface area contributed by atoms with Crippen LogP contribution in [0.15, 0.2) is 54.7 Å². The lowest BCUT2D eigenvalue weighted by Crippen LogP contribution is -2.21. The van der Waals surface area contributed by atoms with Gasteiger partial charge in [-0.1, -0.05) is 35.6 Å². The fourth-order valence-corrected chi connectivity index (χ4v) is 4.17. The summed E-state index contributed by atoms with van der Waals surface area (Å²) in [6.07, 6.45) is 1.03. The van der Waals surface area contributed by atoms with E-state index < -0.39 is 6.10 Å². The van der Waals surface area contributed by atoms with Gasteiger partial charge in [-0.3, -0.25) is 4.90 Å². The molecule has 0 bridgehead atoms. The van der Waals surface area contributed by atoms with Gasteiger partial charge in [-0.2, -0.15) is 0 Å². The van der Waals surface area contributed by atoms with Gasteiger partial charge in [0.1, 0.15) is 11.9 Å². The highest BCUT2D eigenvalue weighted by molar-refractivity contribution is 7.22. The highest BCUT2D eigenvalue weighted by Crippen LogP contribution is 2.30. The molecule has 0 radical (unpaired) electrons. The number of thiazole rings is 1. The molecule has 2 aromatic carbocycles. The first kappa shape index (κ1) is 19.6. The second-order valence-corrected chi connectivity index (χ2v) is 8.41. The minimum atomic E-state index is -0.730. The third-order valence-electron chi connectivity index (χ3n) is 5.26. The molecule has 2 heterocycles. The van der Waals surface area contributed by atoms with Crippen LogP contribution in [0.5, 0.6) is 0 Å². The Morgan fingerprint density at radius 2 is 1.83 bits per heavy atom. The first-order valence-electron chi connectivity index (χ1n) is 9.52. The summed E-state index contributed by atoms with van der Waals surface area (Å²) < 4.78 is 3.13. The van der Waals surface area contributed by atoms with Crippen molar-refractivity contribution in [3.05, 3.63) is 71.8 Å². The zero-order valence-corrected chi connectivity index (χ0v) is 17.8. The minimum absolute atomic E-state index is 0.168. The number of anilines is 2. The molecule has 4 aromatic rings. The van der Waals surface area contributed by atoms with Crippen LogP contribution >= 0.6 is 11.3 Å². The van der Waals surface area contributed by atoms with Crippen LogP contribution in [0.1, 0.15) is 36.2 Å². The number of rotatable bonds is 6. The van der Waals surface area contributed by atoms with E-state index in [-0.39, 0.29) is 6.04 Å². The number of imidazole rings is 1. The molecule has 150 valence electrons. The van der Waals surface area contributed by atoms with Gasteiger partial charge < -0.3 is 15.0 Å². The van der Waals surface area contributed by atoms with Gasteiger partial charge in [-0.25, -0.2) is 9.97 Å². The number of benzene rings is 2. The predicted molar refractivity (Wildman–Crippen MR) is 119 cm³/mol. The van der Waals surface area contributed by atoms with E-state index in [1.165, 1.54) is 0 Å². The summed E-state index contributed by atoms with van der Waals surface area (Å²) in [5.41, 5.74) is 3.53. The third kappa shape index (κ3) is 3.89. The second kappa shape index (κ2) is 7.94. The molecule has 2 unspecified atom stereocenters. The molecule has 0 spiro atoms. The third-order valence-corrected chi connectivity index (χ3v) is 6.21. The van der Waals surface area contributed by atoms with Crippen molar-refractivity contribution in [3.63, 3.8) is 0 Å². The van der Waals surface area contributed by atoms with Crippen LogP contribution in [0, 0.1) is 0 Å². The van der Waals surface area contributed by atoms with Crippen LogP contribution in [0.4, 0.5) is 10.8 Å². The summed E-state index contributed by atoms with van der Waals surface area (Å²) in [6, 6.07) is 16.0. The molecule has 7 heteroatoms. The molecule has 2 N–H and O–H groups in total. The van der Waals surface area contributed by atoms with Crippen molar-refractivity contribution in [1.29, 1.82) is 0 Å². The molecule has 29 heavy (non-hydrogen) atoms. The van der Waals surface area contributed by atoms with Gasteiger partial charge in [0.2, 0.25) is 0 Å². The lowest BCUT2D eigenvalue weighted by atomic mass is 10.1. The van der Waals surface area contributed by atoms with E-state index in [0.29, 0.717) is 0 Å². The summed E-state index contributed by atoms with van der Waals surface area (Å²) in [5.74, 6) is 0.929. The summed E-state index contributed by atoms with van der Waals surface area (Å²) >= 11 is 1.62. The monoisotopic (exact) mass is 407 g/mol. The Morgan fingerprint density at radius 3 is 2.52 bits per heavy atom. The molecule has 0 aliphatic rings. The molecule has 2 atom stereocenters. The molecule has 0 amide bonds. The van der Waals surface area contributed by atoms with Crippen molar-refractivity contribution < 1.29 is 5.11 Å². The topological polar surface area (TPSA) is 66.2 Å². The zero-order valence-electron chi connectivity index (χ0n) is 17.0. The van der Waals surface area contributed by atoms with E-state index >= 15 is 0 Å². The average Bonchev–Trinajstić information content (AvgIpc) is 3.30. The maximum Gasteiger partial charge on any atom is 0.188 e. The molecule has 2 aromatic heterocycles. The first-order valence-corrected chi connectivity index (χ1v) is 10.3. The van der Waals surface area contributed by atoms with E-state index in [1.807, 2.05) is 68.2 Å². The molecule has 0 aliphatic heterocycles. The Morgan fingerprint density at radius 1 is 1.10 bits per heavy atom. The highest BCUT2D eigenvalue weighted by Gasteiger charge is 2.20. The smallest absolute Gasteiger partial charge is 0.188 e. The van der Waals surface area contributed by atoms with Crippen LogP contribution in [0.25, 0.3) is 10.2 Å². The van der Waals surface area contributed by atoms with Crippen molar-refractivity contribution in [3.8, 4) is 0 Å². The molecule has 4 rings (SSSR count). The van der Waals surface area contributed by atoms with Crippen molar-refractivity contribution >= 4 is 32.4 Å². The highest BCUT2D eigenvalue weighted by atomic mass is 32.1.